The van der Waals surface area contributed by atoms with Crippen LogP contribution in [0.3, 0.4) is 0 Å². The highest BCUT2D eigenvalue weighted by atomic mass is 16.7. The van der Waals surface area contributed by atoms with Gasteiger partial charge in [0.15, 0.2) is 0 Å². The molecule has 0 radical (unpaired) electrons. The summed E-state index contributed by atoms with van der Waals surface area (Å²) < 4.78 is 0.634. The first kappa shape index (κ1) is 17.6. The van der Waals surface area contributed by atoms with E-state index >= 15 is 0 Å². The van der Waals surface area contributed by atoms with E-state index in [1.165, 1.54) is 6.42 Å². The van der Waals surface area contributed by atoms with Gasteiger partial charge in [0.25, 0.3) is 0 Å². The van der Waals surface area contributed by atoms with Gasteiger partial charge in [-0.25, -0.2) is 9.28 Å². The van der Waals surface area contributed by atoms with Crippen LogP contribution in [0.15, 0.2) is 0 Å². The number of hydroxylamine groups is 3. The number of likely N-dealkylation sites (tertiary alicyclic amines) is 2. The lowest BCUT2D eigenvalue weighted by Gasteiger charge is -2.49. The van der Waals surface area contributed by atoms with Crippen molar-refractivity contribution in [2.75, 3.05) is 39.3 Å². The van der Waals surface area contributed by atoms with Crippen molar-refractivity contribution in [1.82, 2.24) is 5.32 Å². The predicted molar refractivity (Wildman–Crippen MR) is 87.9 cm³/mol. The van der Waals surface area contributed by atoms with E-state index in [0.717, 1.165) is 64.7 Å². The minimum Gasteiger partial charge on any atom is -0.435 e. The van der Waals surface area contributed by atoms with Crippen LogP contribution in [0, 0.1) is 0 Å². The highest BCUT2D eigenvalue weighted by Gasteiger charge is 2.53. The summed E-state index contributed by atoms with van der Waals surface area (Å²) >= 11 is 0. The molecular weight excluding hydrogens is 310 g/mol. The fraction of sp³-hybridized carbons (Fsp3) is 0.882. The molecule has 24 heavy (non-hydrogen) atoms. The third kappa shape index (κ3) is 3.17. The minimum absolute atomic E-state index is 0.208. The van der Waals surface area contributed by atoms with Crippen LogP contribution in [0.2, 0.25) is 0 Å². The minimum atomic E-state index is -0.679. The number of carbonyl (C=O) groups excluding carboxylic acids is 1. The molecule has 0 aromatic heterocycles. The van der Waals surface area contributed by atoms with E-state index in [-0.39, 0.29) is 16.6 Å². The summed E-state index contributed by atoms with van der Waals surface area (Å²) in [4.78, 5) is 28.8. The number of carboxylic acid groups (broad SMARTS) is 1. The van der Waals surface area contributed by atoms with Crippen molar-refractivity contribution >= 4 is 12.6 Å². The Hall–Kier alpha value is -1.18. The number of hydrogen-bond donors (Lipinski definition) is 2. The highest BCUT2D eigenvalue weighted by Crippen LogP contribution is 2.35. The maximum atomic E-state index is 12.1. The lowest BCUT2D eigenvalue weighted by molar-refractivity contribution is -1.11. The zero-order valence-corrected chi connectivity index (χ0v) is 14.5. The number of quaternary nitrogens is 2. The summed E-state index contributed by atoms with van der Waals surface area (Å²) in [6, 6.07) is 0.467. The molecule has 0 unspecified atom stereocenters. The maximum Gasteiger partial charge on any atom is 0.513 e. The van der Waals surface area contributed by atoms with E-state index in [4.69, 9.17) is 4.84 Å². The number of hydrogen-bond acceptors (Lipinski definition) is 4. The molecule has 0 atom stereocenters. The third-order valence-corrected chi connectivity index (χ3v) is 6.60. The van der Waals surface area contributed by atoms with Crippen molar-refractivity contribution < 1.29 is 28.7 Å². The lowest BCUT2D eigenvalue weighted by Crippen LogP contribution is -2.68. The van der Waals surface area contributed by atoms with Crippen molar-refractivity contribution in [1.29, 1.82) is 0 Å². The van der Waals surface area contributed by atoms with Gasteiger partial charge in [-0.3, -0.25) is 4.84 Å². The van der Waals surface area contributed by atoms with Crippen molar-refractivity contribution in [2.45, 2.75) is 57.0 Å². The van der Waals surface area contributed by atoms with Crippen molar-refractivity contribution in [3.8, 4) is 0 Å². The van der Waals surface area contributed by atoms with Crippen LogP contribution < -0.4 is 5.32 Å². The Morgan fingerprint density at radius 2 is 1.58 bits per heavy atom. The van der Waals surface area contributed by atoms with Gasteiger partial charge < -0.3 is 10.4 Å². The van der Waals surface area contributed by atoms with E-state index in [9.17, 15) is 14.7 Å². The Balaban J connectivity index is 1.72. The topological polar surface area (TPSA) is 75.6 Å². The van der Waals surface area contributed by atoms with Crippen LogP contribution in [0.25, 0.3) is 0 Å². The van der Waals surface area contributed by atoms with Crippen LogP contribution in [-0.2, 0) is 9.63 Å². The molecule has 0 spiro atoms. The molecule has 7 nitrogen and oxygen atoms in total. The molecule has 136 valence electrons. The number of rotatable bonds is 4. The van der Waals surface area contributed by atoms with Gasteiger partial charge >= 0.3 is 12.6 Å². The number of piperidine rings is 3. The third-order valence-electron chi connectivity index (χ3n) is 6.60. The molecule has 0 aromatic carbocycles. The Bertz CT molecular complexity index is 451. The van der Waals surface area contributed by atoms with E-state index < -0.39 is 6.09 Å². The molecule has 0 saturated carbocycles. The second kappa shape index (κ2) is 7.37. The quantitative estimate of drug-likeness (QED) is 0.598. The highest BCUT2D eigenvalue weighted by molar-refractivity contribution is 5.57. The molecule has 2 N–H and O–H groups in total. The Kier molecular flexibility index (Phi) is 5.42. The van der Waals surface area contributed by atoms with E-state index in [1.807, 2.05) is 0 Å². The normalized spacial score (nSPS) is 34.4. The number of carbonyl (C=O) groups is 2. The predicted octanol–water partition coefficient (Wildman–Crippen LogP) is 1.48. The van der Waals surface area contributed by atoms with Crippen molar-refractivity contribution in [3.05, 3.63) is 0 Å². The van der Waals surface area contributed by atoms with Gasteiger partial charge in [-0.15, -0.1) is 4.65 Å². The first-order valence-corrected chi connectivity index (χ1v) is 9.43. The maximum absolute atomic E-state index is 12.1. The molecule has 0 aromatic rings. The largest absolute Gasteiger partial charge is 0.513 e. The average molecular weight is 341 g/mol. The van der Waals surface area contributed by atoms with Gasteiger partial charge in [-0.1, -0.05) is 0 Å². The van der Waals surface area contributed by atoms with Gasteiger partial charge in [0.1, 0.15) is 25.2 Å². The van der Waals surface area contributed by atoms with Crippen LogP contribution in [0.5, 0.6) is 0 Å². The van der Waals surface area contributed by atoms with Crippen LogP contribution in [0.4, 0.5) is 4.79 Å². The number of amides is 1. The van der Waals surface area contributed by atoms with Crippen LogP contribution in [-0.4, -0.2) is 78.2 Å². The number of nitrogens with one attached hydrogen (secondary N) is 1. The summed E-state index contributed by atoms with van der Waals surface area (Å²) in [5.74, 6) is 0. The first-order valence-electron chi connectivity index (χ1n) is 9.43. The van der Waals surface area contributed by atoms with Crippen LogP contribution in [0.1, 0.15) is 44.9 Å². The summed E-state index contributed by atoms with van der Waals surface area (Å²) in [5.41, 5.74) is 0. The summed E-state index contributed by atoms with van der Waals surface area (Å²) in [6.07, 6.45) is 6.19. The second-order valence-electron chi connectivity index (χ2n) is 7.64. The van der Waals surface area contributed by atoms with Gasteiger partial charge in [0, 0.05) is 38.8 Å². The smallest absolute Gasteiger partial charge is 0.435 e. The molecule has 3 aliphatic heterocycles. The van der Waals surface area contributed by atoms with Crippen molar-refractivity contribution in [2.24, 2.45) is 0 Å². The van der Waals surface area contributed by atoms with Gasteiger partial charge in [-0.05, 0) is 6.42 Å². The van der Waals surface area contributed by atoms with Crippen molar-refractivity contribution in [3.63, 3.8) is 0 Å². The summed E-state index contributed by atoms with van der Waals surface area (Å²) in [7, 11) is 0. The Morgan fingerprint density at radius 3 is 2.12 bits per heavy atom. The average Bonchev–Trinajstić information content (AvgIpc) is 2.63. The monoisotopic (exact) mass is 341 g/mol. The standard InChI is InChI=1S/C17H30N3O4/c21-14-24-20(10-2-1-3-11-20)16-6-12-19(13-7-16,17(22)23)15-4-8-18-9-5-15/h14-16,18H,1-13H2/q+1/p+1. The molecule has 3 fully saturated rings. The molecule has 1 amide bonds. The van der Waals surface area contributed by atoms with E-state index in [1.54, 1.807) is 0 Å². The molecule has 3 heterocycles. The zero-order chi connectivity index (χ0) is 17.0. The SMILES string of the molecule is O=CO[N+]1(C2CC[N+](C(=O)O)(C3CCNCC3)CC2)CCCCC1. The van der Waals surface area contributed by atoms with E-state index in [0.29, 0.717) is 24.2 Å². The second-order valence-corrected chi connectivity index (χ2v) is 7.64. The molecule has 3 rings (SSSR count). The molecule has 0 aliphatic carbocycles. The molecule has 0 bridgehead atoms. The summed E-state index contributed by atoms with van der Waals surface area (Å²) in [5, 5.41) is 13.3. The molecule has 3 saturated heterocycles. The summed E-state index contributed by atoms with van der Waals surface area (Å²) in [6.45, 7) is 5.49. The number of nitrogens with zero attached hydrogens (tertiary/aromatic N) is 2. The lowest BCUT2D eigenvalue weighted by atomic mass is 9.93. The fourth-order valence-corrected chi connectivity index (χ4v) is 5.19. The molecule has 3 aliphatic rings. The van der Waals surface area contributed by atoms with E-state index in [2.05, 4.69) is 5.32 Å². The Morgan fingerprint density at radius 1 is 0.958 bits per heavy atom. The fourth-order valence-electron chi connectivity index (χ4n) is 5.19. The van der Waals surface area contributed by atoms with Crippen LogP contribution >= 0.6 is 0 Å². The van der Waals surface area contributed by atoms with Gasteiger partial charge in [0.05, 0.1) is 25.9 Å². The molecular formula is C17H31N3O4+2. The molecule has 7 heteroatoms. The van der Waals surface area contributed by atoms with Gasteiger partial charge in [0.2, 0.25) is 0 Å². The Labute approximate surface area is 143 Å². The first-order chi connectivity index (χ1) is 11.6. The zero-order valence-electron chi connectivity index (χ0n) is 14.5. The van der Waals surface area contributed by atoms with Gasteiger partial charge in [-0.2, -0.15) is 4.79 Å².